The van der Waals surface area contributed by atoms with E-state index in [9.17, 15) is 0 Å². The SMILES string of the molecule is C[C@@H]1CCCC12CCN(c1cnc3c(-c4cc(Cl)cc(Cl)c4)[nH]nc3n1)CC2. The molecule has 1 saturated carbocycles. The molecule has 5 rings (SSSR count). The Morgan fingerprint density at radius 2 is 1.86 bits per heavy atom. The lowest BCUT2D eigenvalue weighted by Crippen LogP contribution is -2.41. The van der Waals surface area contributed by atoms with E-state index in [1.165, 1.54) is 32.1 Å². The van der Waals surface area contributed by atoms with E-state index in [1.54, 1.807) is 6.07 Å². The minimum absolute atomic E-state index is 0.555. The van der Waals surface area contributed by atoms with Crippen LogP contribution in [0.1, 0.15) is 39.0 Å². The third kappa shape index (κ3) is 3.05. The first-order valence-corrected chi connectivity index (χ1v) is 10.7. The van der Waals surface area contributed by atoms with E-state index in [1.807, 2.05) is 18.3 Å². The first-order chi connectivity index (χ1) is 13.5. The summed E-state index contributed by atoms with van der Waals surface area (Å²) in [6.45, 7) is 4.53. The van der Waals surface area contributed by atoms with E-state index in [2.05, 4.69) is 27.0 Å². The number of benzene rings is 1. The lowest BCUT2D eigenvalue weighted by atomic mass is 9.71. The van der Waals surface area contributed by atoms with Crippen molar-refractivity contribution in [3.63, 3.8) is 0 Å². The monoisotopic (exact) mass is 415 g/mol. The fraction of sp³-hybridized carbons (Fsp3) is 0.476. The second kappa shape index (κ2) is 6.89. The number of rotatable bonds is 2. The predicted octanol–water partition coefficient (Wildman–Crippen LogP) is 5.73. The van der Waals surface area contributed by atoms with Crippen LogP contribution in [0, 0.1) is 11.3 Å². The maximum atomic E-state index is 6.15. The summed E-state index contributed by atoms with van der Waals surface area (Å²) in [6, 6.07) is 5.41. The van der Waals surface area contributed by atoms with Crippen LogP contribution in [0.4, 0.5) is 5.82 Å². The van der Waals surface area contributed by atoms with Crippen molar-refractivity contribution >= 4 is 40.2 Å². The number of nitrogens with one attached hydrogen (secondary N) is 1. The maximum Gasteiger partial charge on any atom is 0.202 e. The summed E-state index contributed by atoms with van der Waals surface area (Å²) in [4.78, 5) is 11.8. The summed E-state index contributed by atoms with van der Waals surface area (Å²) in [5.74, 6) is 1.76. The number of hydrogen-bond donors (Lipinski definition) is 1. The lowest BCUT2D eigenvalue weighted by Gasteiger charge is -2.42. The van der Waals surface area contributed by atoms with Crippen LogP contribution in [0.15, 0.2) is 24.4 Å². The number of piperidine rings is 1. The van der Waals surface area contributed by atoms with Crippen molar-refractivity contribution in [2.75, 3.05) is 18.0 Å². The molecule has 28 heavy (non-hydrogen) atoms. The molecule has 1 N–H and O–H groups in total. The minimum atomic E-state index is 0.555. The van der Waals surface area contributed by atoms with E-state index in [-0.39, 0.29) is 0 Å². The Kier molecular flexibility index (Phi) is 4.48. The summed E-state index contributed by atoms with van der Waals surface area (Å²) in [6.07, 6.45) is 8.52. The van der Waals surface area contributed by atoms with Gasteiger partial charge in [-0.1, -0.05) is 43.0 Å². The molecule has 0 radical (unpaired) electrons. The minimum Gasteiger partial charge on any atom is -0.355 e. The van der Waals surface area contributed by atoms with Gasteiger partial charge < -0.3 is 4.90 Å². The summed E-state index contributed by atoms with van der Waals surface area (Å²) in [5.41, 5.74) is 3.56. The molecule has 2 aromatic heterocycles. The van der Waals surface area contributed by atoms with Crippen molar-refractivity contribution in [2.45, 2.75) is 39.0 Å². The normalized spacial score (nSPS) is 21.7. The standard InChI is InChI=1S/C21H23Cl2N5/c1-13-3-2-4-21(13)5-7-28(8-6-21)17-12-24-19-18(26-27-20(19)25-17)14-9-15(22)11-16(23)10-14/h9-13H,2-8H2,1H3,(H,25,26,27)/t13-/m1/s1. The van der Waals surface area contributed by atoms with Crippen molar-refractivity contribution in [2.24, 2.45) is 11.3 Å². The number of fused-ring (bicyclic) bond motifs is 1. The summed E-state index contributed by atoms with van der Waals surface area (Å²) in [7, 11) is 0. The second-order valence-electron chi connectivity index (χ2n) is 8.30. The van der Waals surface area contributed by atoms with Crippen LogP contribution in [-0.2, 0) is 0 Å². The molecule has 2 aliphatic rings. The fourth-order valence-corrected chi connectivity index (χ4v) is 5.60. The second-order valence-corrected chi connectivity index (χ2v) is 9.17. The van der Waals surface area contributed by atoms with Crippen molar-refractivity contribution in [1.29, 1.82) is 0 Å². The van der Waals surface area contributed by atoms with Gasteiger partial charge in [0, 0.05) is 28.7 Å². The van der Waals surface area contributed by atoms with Gasteiger partial charge in [0.25, 0.3) is 0 Å². The largest absolute Gasteiger partial charge is 0.355 e. The van der Waals surface area contributed by atoms with Gasteiger partial charge in [0.2, 0.25) is 5.65 Å². The van der Waals surface area contributed by atoms with E-state index >= 15 is 0 Å². The van der Waals surface area contributed by atoms with Gasteiger partial charge in [-0.15, -0.1) is 0 Å². The Hall–Kier alpha value is -1.85. The molecule has 3 heterocycles. The molecule has 1 spiro atoms. The predicted molar refractivity (Wildman–Crippen MR) is 114 cm³/mol. The van der Waals surface area contributed by atoms with Gasteiger partial charge in [-0.25, -0.2) is 9.97 Å². The van der Waals surface area contributed by atoms with Gasteiger partial charge in [0.15, 0.2) is 0 Å². The van der Waals surface area contributed by atoms with Crippen LogP contribution in [-0.4, -0.2) is 33.3 Å². The Bertz CT molecular complexity index is 1000. The van der Waals surface area contributed by atoms with Gasteiger partial charge in [0.05, 0.1) is 11.9 Å². The highest BCUT2D eigenvalue weighted by Crippen LogP contribution is 2.50. The molecule has 1 saturated heterocycles. The number of aromatic nitrogens is 4. The average molecular weight is 416 g/mol. The van der Waals surface area contributed by atoms with Crippen LogP contribution in [0.5, 0.6) is 0 Å². The summed E-state index contributed by atoms with van der Waals surface area (Å²) >= 11 is 12.3. The molecule has 0 amide bonds. The van der Waals surface area contributed by atoms with Crippen molar-refractivity contribution < 1.29 is 0 Å². The quantitative estimate of drug-likeness (QED) is 0.579. The van der Waals surface area contributed by atoms with Gasteiger partial charge in [-0.3, -0.25) is 5.10 Å². The molecular formula is C21H23Cl2N5. The highest BCUT2D eigenvalue weighted by atomic mass is 35.5. The third-order valence-electron chi connectivity index (χ3n) is 6.84. The van der Waals surface area contributed by atoms with E-state index < -0.39 is 0 Å². The third-order valence-corrected chi connectivity index (χ3v) is 7.28. The molecule has 0 unspecified atom stereocenters. The first-order valence-electron chi connectivity index (χ1n) is 9.97. The molecule has 3 aromatic rings. The van der Waals surface area contributed by atoms with E-state index in [0.29, 0.717) is 21.1 Å². The average Bonchev–Trinajstić information content (AvgIpc) is 3.25. The smallest absolute Gasteiger partial charge is 0.202 e. The van der Waals surface area contributed by atoms with E-state index in [0.717, 1.165) is 41.6 Å². The van der Waals surface area contributed by atoms with Crippen LogP contribution in [0.25, 0.3) is 22.4 Å². The Morgan fingerprint density at radius 3 is 2.54 bits per heavy atom. The highest BCUT2D eigenvalue weighted by Gasteiger charge is 2.42. The molecule has 5 nitrogen and oxygen atoms in total. The van der Waals surface area contributed by atoms with E-state index in [4.69, 9.17) is 28.2 Å². The first kappa shape index (κ1) is 18.2. The fourth-order valence-electron chi connectivity index (χ4n) is 5.08. The molecule has 0 bridgehead atoms. The van der Waals surface area contributed by atoms with Crippen LogP contribution >= 0.6 is 23.2 Å². The zero-order valence-corrected chi connectivity index (χ0v) is 17.4. The Morgan fingerprint density at radius 1 is 1.11 bits per heavy atom. The van der Waals surface area contributed by atoms with Crippen LogP contribution in [0.2, 0.25) is 10.0 Å². The molecule has 1 aromatic carbocycles. The molecule has 7 heteroatoms. The van der Waals surface area contributed by atoms with Crippen LogP contribution in [0.3, 0.4) is 0 Å². The molecule has 1 aliphatic carbocycles. The van der Waals surface area contributed by atoms with Gasteiger partial charge in [-0.2, -0.15) is 5.10 Å². The summed E-state index contributed by atoms with van der Waals surface area (Å²) in [5, 5.41) is 8.59. The number of aromatic amines is 1. The maximum absolute atomic E-state index is 6.15. The van der Waals surface area contributed by atoms with Crippen molar-refractivity contribution in [3.05, 3.63) is 34.4 Å². The van der Waals surface area contributed by atoms with Gasteiger partial charge in [-0.05, 0) is 48.8 Å². The number of halogens is 2. The number of hydrogen-bond acceptors (Lipinski definition) is 4. The summed E-state index contributed by atoms with van der Waals surface area (Å²) < 4.78 is 0. The topological polar surface area (TPSA) is 57.7 Å². The highest BCUT2D eigenvalue weighted by molar-refractivity contribution is 6.35. The lowest BCUT2D eigenvalue weighted by molar-refractivity contribution is 0.161. The molecule has 146 valence electrons. The molecule has 1 aliphatic heterocycles. The Labute approximate surface area is 174 Å². The molecule has 2 fully saturated rings. The van der Waals surface area contributed by atoms with Crippen molar-refractivity contribution in [3.8, 4) is 11.3 Å². The van der Waals surface area contributed by atoms with Gasteiger partial charge >= 0.3 is 0 Å². The Balaban J connectivity index is 1.41. The van der Waals surface area contributed by atoms with Crippen molar-refractivity contribution in [1.82, 2.24) is 20.2 Å². The number of anilines is 1. The zero-order valence-electron chi connectivity index (χ0n) is 15.9. The molecule has 1 atom stereocenters. The zero-order chi connectivity index (χ0) is 19.3. The van der Waals surface area contributed by atoms with Crippen LogP contribution < -0.4 is 4.90 Å². The number of nitrogens with zero attached hydrogens (tertiary/aromatic N) is 4. The molecular weight excluding hydrogens is 393 g/mol. The number of H-pyrrole nitrogens is 1. The van der Waals surface area contributed by atoms with Gasteiger partial charge in [0.1, 0.15) is 11.3 Å².